The minimum atomic E-state index is -0.176. The molecule has 1 heterocycles. The Kier molecular flexibility index (Phi) is 8.37. The van der Waals surface area contributed by atoms with E-state index in [4.69, 9.17) is 4.74 Å². The second kappa shape index (κ2) is 11.4. The number of nitrogens with one attached hydrogen (secondary N) is 1. The van der Waals surface area contributed by atoms with E-state index in [2.05, 4.69) is 59.6 Å². The molecule has 31 heavy (non-hydrogen) atoms. The molecule has 0 spiro atoms. The van der Waals surface area contributed by atoms with Crippen LogP contribution in [-0.2, 0) is 11.2 Å². The van der Waals surface area contributed by atoms with E-state index in [9.17, 15) is 5.11 Å². The Labute approximate surface area is 188 Å². The van der Waals surface area contributed by atoms with Crippen LogP contribution in [0.1, 0.15) is 36.8 Å². The maximum absolute atomic E-state index is 10.6. The van der Waals surface area contributed by atoms with Crippen LogP contribution >= 0.6 is 0 Å². The number of aliphatic hydroxyl groups excluding tert-OH is 1. The second-order valence-corrected chi connectivity index (χ2v) is 9.68. The van der Waals surface area contributed by atoms with Gasteiger partial charge in [0, 0.05) is 25.6 Å². The van der Waals surface area contributed by atoms with Crippen molar-refractivity contribution < 1.29 is 9.84 Å². The Morgan fingerprint density at radius 1 is 1.26 bits per heavy atom. The molecule has 1 saturated carbocycles. The molecule has 1 aliphatic heterocycles. The Hall–Kier alpha value is -1.46. The first-order valence-electron chi connectivity index (χ1n) is 12.3. The summed E-state index contributed by atoms with van der Waals surface area (Å²) < 4.78 is 5.41. The number of rotatable bonds is 10. The van der Waals surface area contributed by atoms with E-state index < -0.39 is 0 Å². The topological polar surface area (TPSA) is 44.7 Å². The van der Waals surface area contributed by atoms with Crippen molar-refractivity contribution in [2.24, 2.45) is 17.8 Å². The molecule has 0 radical (unpaired) electrons. The number of aryl methyl sites for hydroxylation is 2. The molecule has 2 fully saturated rings. The van der Waals surface area contributed by atoms with Gasteiger partial charge in [-0.15, -0.1) is 0 Å². The molecule has 4 nitrogen and oxygen atoms in total. The number of ether oxygens (including phenoxy) is 1. The van der Waals surface area contributed by atoms with Crippen LogP contribution in [0.15, 0.2) is 48.1 Å². The van der Waals surface area contributed by atoms with Gasteiger partial charge in [0.2, 0.25) is 0 Å². The predicted molar refractivity (Wildman–Crippen MR) is 127 cm³/mol. The fraction of sp³-hybridized carbons (Fsp3) is 0.630. The molecule has 0 bridgehead atoms. The van der Waals surface area contributed by atoms with Gasteiger partial charge in [-0.2, -0.15) is 0 Å². The van der Waals surface area contributed by atoms with E-state index in [1.54, 1.807) is 5.57 Å². The predicted octanol–water partition coefficient (Wildman–Crippen LogP) is 3.74. The average Bonchev–Trinajstić information content (AvgIpc) is 3.28. The number of morpholine rings is 1. The largest absolute Gasteiger partial charge is 0.392 e. The summed E-state index contributed by atoms with van der Waals surface area (Å²) in [6.45, 7) is 9.34. The summed E-state index contributed by atoms with van der Waals surface area (Å²) in [4.78, 5) is 2.50. The number of hydrogen-bond donors (Lipinski definition) is 2. The van der Waals surface area contributed by atoms with Gasteiger partial charge in [0.25, 0.3) is 0 Å². The highest BCUT2D eigenvalue weighted by Crippen LogP contribution is 2.47. The van der Waals surface area contributed by atoms with E-state index in [0.717, 1.165) is 65.1 Å². The van der Waals surface area contributed by atoms with Crippen molar-refractivity contribution >= 4 is 0 Å². The zero-order chi connectivity index (χ0) is 21.5. The summed E-state index contributed by atoms with van der Waals surface area (Å²) in [6.07, 6.45) is 12.3. The van der Waals surface area contributed by atoms with E-state index >= 15 is 0 Å². The lowest BCUT2D eigenvalue weighted by molar-refractivity contribution is 0.0375. The third-order valence-electron chi connectivity index (χ3n) is 7.27. The molecule has 170 valence electrons. The quantitative estimate of drug-likeness (QED) is 0.444. The molecule has 4 rings (SSSR count). The minimum absolute atomic E-state index is 0.176. The molecule has 0 amide bonds. The summed E-state index contributed by atoms with van der Waals surface area (Å²) >= 11 is 0. The van der Waals surface area contributed by atoms with Crippen molar-refractivity contribution in [3.05, 3.63) is 59.2 Å². The van der Waals surface area contributed by atoms with Crippen molar-refractivity contribution in [3.63, 3.8) is 0 Å². The molecule has 3 aliphatic rings. The molecule has 0 aromatic heterocycles. The summed E-state index contributed by atoms with van der Waals surface area (Å²) in [5, 5.41) is 14.2. The zero-order valence-corrected chi connectivity index (χ0v) is 19.1. The molecule has 1 aromatic carbocycles. The lowest BCUT2D eigenvalue weighted by Gasteiger charge is -2.26. The van der Waals surface area contributed by atoms with Gasteiger partial charge in [0.1, 0.15) is 0 Å². The number of hydrogen-bond acceptors (Lipinski definition) is 4. The first-order chi connectivity index (χ1) is 15.2. The maximum atomic E-state index is 10.6. The van der Waals surface area contributed by atoms with Crippen molar-refractivity contribution in [3.8, 4) is 0 Å². The molecule has 2 aliphatic carbocycles. The third kappa shape index (κ3) is 6.52. The smallest absolute Gasteiger partial charge is 0.0611 e. The van der Waals surface area contributed by atoms with Gasteiger partial charge in [-0.3, -0.25) is 4.90 Å². The van der Waals surface area contributed by atoms with Gasteiger partial charge in [0.15, 0.2) is 0 Å². The maximum Gasteiger partial charge on any atom is 0.0611 e. The summed E-state index contributed by atoms with van der Waals surface area (Å²) in [6, 6.07) is 8.78. The molecular weight excluding hydrogens is 384 g/mol. The van der Waals surface area contributed by atoms with Crippen LogP contribution in [0.3, 0.4) is 0 Å². The van der Waals surface area contributed by atoms with Crippen molar-refractivity contribution in [2.45, 2.75) is 45.1 Å². The van der Waals surface area contributed by atoms with Gasteiger partial charge in [-0.05, 0) is 69.5 Å². The summed E-state index contributed by atoms with van der Waals surface area (Å²) in [5.74, 6) is 1.47. The molecular formula is C27H40N2O2. The number of allylic oxidation sites excluding steroid dienone is 2. The van der Waals surface area contributed by atoms with Crippen LogP contribution in [0.25, 0.3) is 0 Å². The normalized spacial score (nSPS) is 28.9. The van der Waals surface area contributed by atoms with E-state index in [1.807, 2.05) is 0 Å². The highest BCUT2D eigenvalue weighted by molar-refractivity contribution is 5.23. The van der Waals surface area contributed by atoms with Crippen molar-refractivity contribution in [1.82, 2.24) is 10.2 Å². The first-order valence-corrected chi connectivity index (χ1v) is 12.3. The SMILES string of the molecule is Cc1cccc(CC/C=C/[C@@H]2[C@H]3CC(CNCCCN4CCOCC4)=C[C@H]3C[C@H]2O)c1. The highest BCUT2D eigenvalue weighted by Gasteiger charge is 2.43. The third-order valence-corrected chi connectivity index (χ3v) is 7.27. The Morgan fingerprint density at radius 2 is 2.13 bits per heavy atom. The van der Waals surface area contributed by atoms with Gasteiger partial charge in [-0.25, -0.2) is 0 Å². The van der Waals surface area contributed by atoms with Crippen LogP contribution in [0, 0.1) is 24.7 Å². The van der Waals surface area contributed by atoms with Crippen LogP contribution in [0.2, 0.25) is 0 Å². The Balaban J connectivity index is 1.16. The summed E-state index contributed by atoms with van der Waals surface area (Å²) in [5.41, 5.74) is 4.28. The molecule has 2 N–H and O–H groups in total. The first kappa shape index (κ1) is 22.7. The van der Waals surface area contributed by atoms with Gasteiger partial charge < -0.3 is 15.2 Å². The number of nitrogens with zero attached hydrogens (tertiary/aromatic N) is 1. The fourth-order valence-electron chi connectivity index (χ4n) is 5.61. The molecule has 1 saturated heterocycles. The van der Waals surface area contributed by atoms with Crippen molar-refractivity contribution in [1.29, 1.82) is 0 Å². The second-order valence-electron chi connectivity index (χ2n) is 9.68. The van der Waals surface area contributed by atoms with E-state index in [1.165, 1.54) is 24.1 Å². The molecule has 1 aromatic rings. The van der Waals surface area contributed by atoms with Crippen LogP contribution in [0.4, 0.5) is 0 Å². The van der Waals surface area contributed by atoms with E-state index in [0.29, 0.717) is 17.8 Å². The van der Waals surface area contributed by atoms with Crippen LogP contribution in [-0.4, -0.2) is 62.0 Å². The van der Waals surface area contributed by atoms with Crippen LogP contribution in [0.5, 0.6) is 0 Å². The standard InChI is InChI=1S/C27H40N2O2/c1-21-6-4-8-22(16-21)7-2-3-9-25-26-18-23(17-24(26)19-27(25)30)20-28-10-5-11-29-12-14-31-15-13-29/h3-4,6,8-9,16-17,24-28,30H,2,5,7,10-15,18-20H2,1H3/b9-3+/t24-,25+,26-,27+/m0/s1. The number of aliphatic hydroxyl groups is 1. The van der Waals surface area contributed by atoms with Crippen LogP contribution < -0.4 is 5.32 Å². The number of benzene rings is 1. The van der Waals surface area contributed by atoms with Gasteiger partial charge in [-0.1, -0.05) is 53.6 Å². The average molecular weight is 425 g/mol. The lowest BCUT2D eigenvalue weighted by atomic mass is 9.89. The lowest BCUT2D eigenvalue weighted by Crippen LogP contribution is -2.37. The highest BCUT2D eigenvalue weighted by atomic mass is 16.5. The Bertz CT molecular complexity index is 753. The molecule has 0 unspecified atom stereocenters. The monoisotopic (exact) mass is 424 g/mol. The van der Waals surface area contributed by atoms with Crippen molar-refractivity contribution in [2.75, 3.05) is 45.9 Å². The minimum Gasteiger partial charge on any atom is -0.392 e. The zero-order valence-electron chi connectivity index (χ0n) is 19.1. The summed E-state index contributed by atoms with van der Waals surface area (Å²) in [7, 11) is 0. The molecule has 4 heteroatoms. The van der Waals surface area contributed by atoms with Gasteiger partial charge in [0.05, 0.1) is 19.3 Å². The fourth-order valence-corrected chi connectivity index (χ4v) is 5.61. The number of fused-ring (bicyclic) bond motifs is 1. The van der Waals surface area contributed by atoms with Gasteiger partial charge >= 0.3 is 0 Å². The molecule has 4 atom stereocenters. The Morgan fingerprint density at radius 3 is 2.97 bits per heavy atom. The van der Waals surface area contributed by atoms with E-state index in [-0.39, 0.29) is 6.10 Å².